The highest BCUT2D eigenvalue weighted by molar-refractivity contribution is 7.90. The Labute approximate surface area is 158 Å². The summed E-state index contributed by atoms with van der Waals surface area (Å²) in [6.45, 7) is 11.8. The average Bonchev–Trinajstić information content (AvgIpc) is 2.99. The maximum atomic E-state index is 12.6. The van der Waals surface area contributed by atoms with E-state index in [-0.39, 0.29) is 10.8 Å². The molecule has 0 fully saturated rings. The SMILES string of the molecule is C=CCCC[C@H](N[S+]([O-])C(C)(C)C)c1ccc(-c2scnc2C)cc1. The summed E-state index contributed by atoms with van der Waals surface area (Å²) in [6.07, 6.45) is 4.87. The highest BCUT2D eigenvalue weighted by atomic mass is 32.2. The van der Waals surface area contributed by atoms with Crippen molar-refractivity contribution in [1.29, 1.82) is 0 Å². The monoisotopic (exact) mass is 376 g/mol. The van der Waals surface area contributed by atoms with E-state index in [1.54, 1.807) is 11.3 Å². The van der Waals surface area contributed by atoms with Crippen LogP contribution in [-0.4, -0.2) is 14.3 Å². The fourth-order valence-electron chi connectivity index (χ4n) is 2.51. The lowest BCUT2D eigenvalue weighted by atomic mass is 10.00. The van der Waals surface area contributed by atoms with Crippen molar-refractivity contribution in [2.24, 2.45) is 0 Å². The highest BCUT2D eigenvalue weighted by Gasteiger charge is 2.29. The molecule has 1 aromatic carbocycles. The summed E-state index contributed by atoms with van der Waals surface area (Å²) in [5.41, 5.74) is 5.30. The standard InChI is InChI=1S/C20H28N2OS2/c1-6-7-8-9-18(22-25(23)20(3,4)5)16-10-12-17(13-11-16)19-15(2)21-14-24-19/h6,10-14,18,22H,1,7-9H2,2-5H3/t18-,25?/m0/s1. The highest BCUT2D eigenvalue weighted by Crippen LogP contribution is 2.30. The number of benzene rings is 1. The molecule has 3 nitrogen and oxygen atoms in total. The third kappa shape index (κ3) is 5.68. The minimum Gasteiger partial charge on any atom is -0.598 e. The van der Waals surface area contributed by atoms with Crippen LogP contribution in [-0.2, 0) is 11.4 Å². The fourth-order valence-corrected chi connectivity index (χ4v) is 4.19. The van der Waals surface area contributed by atoms with Crippen LogP contribution in [0.15, 0.2) is 42.4 Å². The van der Waals surface area contributed by atoms with Crippen molar-refractivity contribution in [3.63, 3.8) is 0 Å². The molecular weight excluding hydrogens is 348 g/mol. The zero-order valence-electron chi connectivity index (χ0n) is 15.5. The lowest BCUT2D eigenvalue weighted by Gasteiger charge is -2.28. The number of aromatic nitrogens is 1. The van der Waals surface area contributed by atoms with Crippen LogP contribution in [0.2, 0.25) is 0 Å². The van der Waals surface area contributed by atoms with Gasteiger partial charge in [-0.25, -0.2) is 4.98 Å². The minimum atomic E-state index is -1.10. The second-order valence-corrected chi connectivity index (χ2v) is 10.0. The number of nitrogens with zero attached hydrogens (tertiary/aromatic N) is 1. The molecule has 2 aromatic rings. The average molecular weight is 377 g/mol. The molecule has 0 saturated carbocycles. The van der Waals surface area contributed by atoms with Crippen LogP contribution in [0, 0.1) is 6.92 Å². The second kappa shape index (κ2) is 8.99. The van der Waals surface area contributed by atoms with Gasteiger partial charge in [-0.15, -0.1) is 22.6 Å². The first-order valence-electron chi connectivity index (χ1n) is 8.62. The van der Waals surface area contributed by atoms with E-state index < -0.39 is 11.4 Å². The number of allylic oxidation sites excluding steroid dienone is 1. The molecule has 1 N–H and O–H groups in total. The smallest absolute Gasteiger partial charge is 0.136 e. The molecular formula is C20H28N2OS2. The molecule has 0 aliphatic heterocycles. The van der Waals surface area contributed by atoms with Gasteiger partial charge in [0.15, 0.2) is 0 Å². The minimum absolute atomic E-state index is 0.0802. The van der Waals surface area contributed by atoms with E-state index in [2.05, 4.69) is 40.6 Å². The van der Waals surface area contributed by atoms with Gasteiger partial charge in [-0.1, -0.05) is 30.3 Å². The van der Waals surface area contributed by atoms with Crippen molar-refractivity contribution in [2.75, 3.05) is 0 Å². The molecule has 0 aliphatic carbocycles. The Morgan fingerprint density at radius 1 is 1.32 bits per heavy atom. The number of rotatable bonds is 8. The Hall–Kier alpha value is -1.14. The molecule has 0 bridgehead atoms. The van der Waals surface area contributed by atoms with E-state index in [1.807, 2.05) is 39.3 Å². The Morgan fingerprint density at radius 3 is 2.52 bits per heavy atom. The molecule has 1 aromatic heterocycles. The molecule has 25 heavy (non-hydrogen) atoms. The van der Waals surface area contributed by atoms with E-state index >= 15 is 0 Å². The van der Waals surface area contributed by atoms with Gasteiger partial charge >= 0.3 is 0 Å². The number of thiazole rings is 1. The first kappa shape index (κ1) is 20.2. The van der Waals surface area contributed by atoms with E-state index in [9.17, 15) is 4.55 Å². The molecule has 2 atom stereocenters. The maximum Gasteiger partial charge on any atom is 0.136 e. The Kier molecular flexibility index (Phi) is 7.25. The third-order valence-corrected chi connectivity index (χ3v) is 6.62. The van der Waals surface area contributed by atoms with Gasteiger partial charge in [0.25, 0.3) is 0 Å². The Morgan fingerprint density at radius 2 is 2.00 bits per heavy atom. The quantitative estimate of drug-likeness (QED) is 0.372. The number of hydrogen-bond acceptors (Lipinski definition) is 4. The van der Waals surface area contributed by atoms with E-state index in [1.165, 1.54) is 16.0 Å². The van der Waals surface area contributed by atoms with Gasteiger partial charge in [0.1, 0.15) is 4.75 Å². The van der Waals surface area contributed by atoms with Crippen LogP contribution in [0.1, 0.15) is 57.3 Å². The predicted octanol–water partition coefficient (Wildman–Crippen LogP) is 5.57. The van der Waals surface area contributed by atoms with Crippen LogP contribution in [0.3, 0.4) is 0 Å². The van der Waals surface area contributed by atoms with Crippen molar-refractivity contribution in [2.45, 2.75) is 57.7 Å². The summed E-state index contributed by atoms with van der Waals surface area (Å²) in [4.78, 5) is 5.53. The van der Waals surface area contributed by atoms with Gasteiger partial charge < -0.3 is 4.55 Å². The molecule has 0 saturated heterocycles. The first-order valence-corrected chi connectivity index (χ1v) is 10.6. The third-order valence-electron chi connectivity index (χ3n) is 4.03. The lowest BCUT2D eigenvalue weighted by Crippen LogP contribution is -2.41. The van der Waals surface area contributed by atoms with Gasteiger partial charge in [0.05, 0.1) is 22.1 Å². The van der Waals surface area contributed by atoms with E-state index in [4.69, 9.17) is 0 Å². The summed E-state index contributed by atoms with van der Waals surface area (Å²) in [5.74, 6) is 0. The van der Waals surface area contributed by atoms with Crippen LogP contribution in [0.25, 0.3) is 10.4 Å². The number of hydrogen-bond donors (Lipinski definition) is 1. The summed E-state index contributed by atoms with van der Waals surface area (Å²) in [5, 5.41) is 0. The molecule has 0 aliphatic rings. The Bertz CT molecular complexity index is 674. The summed E-state index contributed by atoms with van der Waals surface area (Å²) in [6, 6.07) is 8.63. The van der Waals surface area contributed by atoms with Gasteiger partial charge in [-0.2, -0.15) is 0 Å². The van der Waals surface area contributed by atoms with E-state index in [0.29, 0.717) is 0 Å². The first-order chi connectivity index (χ1) is 11.8. The lowest BCUT2D eigenvalue weighted by molar-refractivity contribution is 0.505. The van der Waals surface area contributed by atoms with Gasteiger partial charge in [-0.3, -0.25) is 0 Å². The summed E-state index contributed by atoms with van der Waals surface area (Å²) >= 11 is 0.566. The van der Waals surface area contributed by atoms with Crippen LogP contribution >= 0.6 is 11.3 Å². The molecule has 1 unspecified atom stereocenters. The molecule has 0 spiro atoms. The molecule has 136 valence electrons. The molecule has 0 radical (unpaired) electrons. The van der Waals surface area contributed by atoms with Crippen molar-refractivity contribution in [1.82, 2.24) is 9.71 Å². The molecule has 1 heterocycles. The van der Waals surface area contributed by atoms with Crippen LogP contribution < -0.4 is 4.72 Å². The zero-order valence-corrected chi connectivity index (χ0v) is 17.2. The fraction of sp³-hybridized carbons (Fsp3) is 0.450. The topological polar surface area (TPSA) is 48.0 Å². The molecule has 0 amide bonds. The Balaban J connectivity index is 2.18. The number of aryl methyl sites for hydroxylation is 1. The molecule has 5 heteroatoms. The maximum absolute atomic E-state index is 12.6. The summed E-state index contributed by atoms with van der Waals surface area (Å²) in [7, 11) is 0. The number of nitrogens with one attached hydrogen (secondary N) is 1. The number of unbranched alkanes of at least 4 members (excludes halogenated alkanes) is 1. The van der Waals surface area contributed by atoms with Crippen molar-refractivity contribution in [3.05, 3.63) is 53.7 Å². The predicted molar refractivity (Wildman–Crippen MR) is 110 cm³/mol. The van der Waals surface area contributed by atoms with Gasteiger partial charge in [-0.05, 0) is 58.1 Å². The van der Waals surface area contributed by atoms with E-state index in [0.717, 1.165) is 25.0 Å². The largest absolute Gasteiger partial charge is 0.598 e. The summed E-state index contributed by atoms with van der Waals surface area (Å²) < 4.78 is 15.6. The second-order valence-electron chi connectivity index (χ2n) is 7.16. The van der Waals surface area contributed by atoms with Crippen LogP contribution in [0.5, 0.6) is 0 Å². The normalized spacial score (nSPS) is 14.3. The van der Waals surface area contributed by atoms with Crippen molar-refractivity contribution < 1.29 is 4.55 Å². The van der Waals surface area contributed by atoms with Crippen molar-refractivity contribution in [3.8, 4) is 10.4 Å². The molecule has 2 rings (SSSR count). The van der Waals surface area contributed by atoms with Gasteiger partial charge in [0.2, 0.25) is 0 Å². The van der Waals surface area contributed by atoms with Crippen LogP contribution in [0.4, 0.5) is 0 Å². The zero-order chi connectivity index (χ0) is 18.4. The van der Waals surface area contributed by atoms with Gasteiger partial charge in [0, 0.05) is 11.4 Å². The van der Waals surface area contributed by atoms with Crippen molar-refractivity contribution >= 4 is 22.7 Å².